The van der Waals surface area contributed by atoms with E-state index in [-0.39, 0.29) is 6.10 Å². The Labute approximate surface area is 132 Å². The smallest absolute Gasteiger partial charge is 0.214 e. The third-order valence-electron chi connectivity index (χ3n) is 2.91. The van der Waals surface area contributed by atoms with E-state index in [1.807, 2.05) is 43.3 Å². The molecule has 1 unspecified atom stereocenters. The van der Waals surface area contributed by atoms with Gasteiger partial charge in [0.2, 0.25) is 5.82 Å². The SMILES string of the molecule is CC(Oc1ccc(Oc2ccc(Cl)cc2)cc1)c1nn[nH]n1. The molecule has 1 aromatic heterocycles. The number of ether oxygens (including phenoxy) is 2. The van der Waals surface area contributed by atoms with E-state index in [0.29, 0.717) is 22.3 Å². The second-order valence-electron chi connectivity index (χ2n) is 4.56. The molecule has 0 spiro atoms. The fourth-order valence-electron chi connectivity index (χ4n) is 1.82. The second kappa shape index (κ2) is 6.44. The number of rotatable bonds is 5. The quantitative estimate of drug-likeness (QED) is 0.775. The van der Waals surface area contributed by atoms with Crippen LogP contribution in [0.1, 0.15) is 18.9 Å². The first-order chi connectivity index (χ1) is 10.7. The molecular weight excluding hydrogens is 304 g/mol. The van der Waals surface area contributed by atoms with Crippen LogP contribution in [0.25, 0.3) is 0 Å². The number of hydrogen-bond donors (Lipinski definition) is 1. The predicted molar refractivity (Wildman–Crippen MR) is 81.2 cm³/mol. The van der Waals surface area contributed by atoms with Crippen molar-refractivity contribution in [1.29, 1.82) is 0 Å². The molecule has 0 radical (unpaired) electrons. The molecule has 2 aromatic carbocycles. The summed E-state index contributed by atoms with van der Waals surface area (Å²) in [6, 6.07) is 14.5. The minimum atomic E-state index is -0.290. The van der Waals surface area contributed by atoms with E-state index in [2.05, 4.69) is 20.6 Å². The molecule has 112 valence electrons. The lowest BCUT2D eigenvalue weighted by molar-refractivity contribution is 0.216. The van der Waals surface area contributed by atoms with Crippen molar-refractivity contribution in [3.8, 4) is 17.2 Å². The largest absolute Gasteiger partial charge is 0.483 e. The number of halogens is 1. The molecule has 0 amide bonds. The lowest BCUT2D eigenvalue weighted by atomic mass is 10.3. The van der Waals surface area contributed by atoms with Crippen LogP contribution in [0, 0.1) is 0 Å². The van der Waals surface area contributed by atoms with E-state index < -0.39 is 0 Å². The third kappa shape index (κ3) is 3.53. The van der Waals surface area contributed by atoms with E-state index in [4.69, 9.17) is 21.1 Å². The topological polar surface area (TPSA) is 72.9 Å². The molecule has 0 aliphatic rings. The Hall–Kier alpha value is -2.60. The Kier molecular flexibility index (Phi) is 4.20. The van der Waals surface area contributed by atoms with Crippen molar-refractivity contribution < 1.29 is 9.47 Å². The summed E-state index contributed by atoms with van der Waals surface area (Å²) < 4.78 is 11.4. The third-order valence-corrected chi connectivity index (χ3v) is 3.16. The zero-order valence-electron chi connectivity index (χ0n) is 11.7. The maximum atomic E-state index is 5.84. The van der Waals surface area contributed by atoms with Gasteiger partial charge < -0.3 is 9.47 Å². The fourth-order valence-corrected chi connectivity index (χ4v) is 1.95. The lowest BCUT2D eigenvalue weighted by Gasteiger charge is -2.11. The van der Waals surface area contributed by atoms with Gasteiger partial charge in [-0.05, 0) is 55.5 Å². The van der Waals surface area contributed by atoms with Crippen LogP contribution in [0.5, 0.6) is 17.2 Å². The van der Waals surface area contributed by atoms with E-state index in [9.17, 15) is 0 Å². The van der Waals surface area contributed by atoms with Gasteiger partial charge in [-0.25, -0.2) is 0 Å². The first-order valence-electron chi connectivity index (χ1n) is 6.64. The number of aromatic amines is 1. The van der Waals surface area contributed by atoms with Crippen molar-refractivity contribution in [2.75, 3.05) is 0 Å². The Balaban J connectivity index is 1.64. The number of hydrogen-bond acceptors (Lipinski definition) is 5. The number of nitrogens with one attached hydrogen (secondary N) is 1. The molecule has 0 saturated heterocycles. The summed E-state index contributed by atoms with van der Waals surface area (Å²) in [6.07, 6.45) is -0.290. The van der Waals surface area contributed by atoms with Crippen molar-refractivity contribution in [2.45, 2.75) is 13.0 Å². The van der Waals surface area contributed by atoms with Gasteiger partial charge in [-0.1, -0.05) is 16.8 Å². The minimum absolute atomic E-state index is 0.290. The van der Waals surface area contributed by atoms with Gasteiger partial charge in [0.15, 0.2) is 6.10 Å². The second-order valence-corrected chi connectivity index (χ2v) is 4.99. The van der Waals surface area contributed by atoms with Crippen molar-refractivity contribution in [1.82, 2.24) is 20.6 Å². The van der Waals surface area contributed by atoms with E-state index >= 15 is 0 Å². The molecule has 3 rings (SSSR count). The molecule has 7 heteroatoms. The first kappa shape index (κ1) is 14.3. The molecule has 22 heavy (non-hydrogen) atoms. The summed E-state index contributed by atoms with van der Waals surface area (Å²) in [6.45, 7) is 1.85. The van der Waals surface area contributed by atoms with Gasteiger partial charge in [-0.3, -0.25) is 0 Å². The molecule has 3 aromatic rings. The molecule has 0 fully saturated rings. The summed E-state index contributed by atoms with van der Waals surface area (Å²) >= 11 is 5.84. The minimum Gasteiger partial charge on any atom is -0.483 e. The highest BCUT2D eigenvalue weighted by atomic mass is 35.5. The average molecular weight is 317 g/mol. The van der Waals surface area contributed by atoms with Crippen molar-refractivity contribution in [3.05, 3.63) is 59.4 Å². The molecule has 0 bridgehead atoms. The zero-order valence-corrected chi connectivity index (χ0v) is 12.5. The zero-order chi connectivity index (χ0) is 15.4. The monoisotopic (exact) mass is 316 g/mol. The van der Waals surface area contributed by atoms with Crippen LogP contribution in [0.3, 0.4) is 0 Å². The van der Waals surface area contributed by atoms with Crippen molar-refractivity contribution in [3.63, 3.8) is 0 Å². The van der Waals surface area contributed by atoms with Gasteiger partial charge >= 0.3 is 0 Å². The number of benzene rings is 2. The molecule has 1 atom stereocenters. The maximum Gasteiger partial charge on any atom is 0.214 e. The van der Waals surface area contributed by atoms with Gasteiger partial charge in [0.25, 0.3) is 0 Å². The number of H-pyrrole nitrogens is 1. The summed E-state index contributed by atoms with van der Waals surface area (Å²) in [4.78, 5) is 0. The number of nitrogens with zero attached hydrogens (tertiary/aromatic N) is 3. The molecule has 6 nitrogen and oxygen atoms in total. The average Bonchev–Trinajstić information content (AvgIpc) is 3.06. The molecular formula is C15H13ClN4O2. The highest BCUT2D eigenvalue weighted by molar-refractivity contribution is 6.30. The van der Waals surface area contributed by atoms with Gasteiger partial charge in [-0.2, -0.15) is 5.21 Å². The summed E-state index contributed by atoms with van der Waals surface area (Å²) in [5, 5.41) is 14.3. The van der Waals surface area contributed by atoms with Gasteiger partial charge in [0, 0.05) is 5.02 Å². The normalized spacial score (nSPS) is 11.9. The molecule has 1 N–H and O–H groups in total. The number of tetrazole rings is 1. The number of aromatic nitrogens is 4. The Bertz CT molecular complexity index is 714. The summed E-state index contributed by atoms with van der Waals surface area (Å²) in [7, 11) is 0. The highest BCUT2D eigenvalue weighted by Crippen LogP contribution is 2.26. The molecule has 1 heterocycles. The van der Waals surface area contributed by atoms with Crippen LogP contribution < -0.4 is 9.47 Å². The van der Waals surface area contributed by atoms with Crippen LogP contribution in [0.15, 0.2) is 48.5 Å². The maximum absolute atomic E-state index is 5.84. The van der Waals surface area contributed by atoms with E-state index in [1.165, 1.54) is 0 Å². The Morgan fingerprint density at radius 2 is 1.55 bits per heavy atom. The van der Waals surface area contributed by atoms with Crippen LogP contribution in [-0.2, 0) is 0 Å². The molecule has 0 aliphatic heterocycles. The van der Waals surface area contributed by atoms with Crippen LogP contribution in [0.2, 0.25) is 5.02 Å². The molecule has 0 aliphatic carbocycles. The van der Waals surface area contributed by atoms with Gasteiger partial charge in [0.05, 0.1) is 0 Å². The first-order valence-corrected chi connectivity index (χ1v) is 7.02. The molecule has 0 saturated carbocycles. The van der Waals surface area contributed by atoms with Gasteiger partial charge in [-0.15, -0.1) is 10.2 Å². The Morgan fingerprint density at radius 1 is 0.955 bits per heavy atom. The highest BCUT2D eigenvalue weighted by Gasteiger charge is 2.11. The standard InChI is InChI=1S/C15H13ClN4O2/c1-10(15-17-19-20-18-15)21-12-6-8-14(9-7-12)22-13-4-2-11(16)3-5-13/h2-10H,1H3,(H,17,18,19,20). The Morgan fingerprint density at radius 3 is 2.14 bits per heavy atom. The fraction of sp³-hybridized carbons (Fsp3) is 0.133. The predicted octanol–water partition coefficient (Wildman–Crippen LogP) is 3.79. The summed E-state index contributed by atoms with van der Waals surface area (Å²) in [5.74, 6) is 2.63. The van der Waals surface area contributed by atoms with Crippen LogP contribution in [0.4, 0.5) is 0 Å². The van der Waals surface area contributed by atoms with Crippen LogP contribution in [-0.4, -0.2) is 20.6 Å². The summed E-state index contributed by atoms with van der Waals surface area (Å²) in [5.41, 5.74) is 0. The van der Waals surface area contributed by atoms with Crippen LogP contribution >= 0.6 is 11.6 Å². The van der Waals surface area contributed by atoms with Gasteiger partial charge in [0.1, 0.15) is 17.2 Å². The lowest BCUT2D eigenvalue weighted by Crippen LogP contribution is -2.05. The van der Waals surface area contributed by atoms with Crippen molar-refractivity contribution in [2.24, 2.45) is 0 Å². The van der Waals surface area contributed by atoms with Crippen molar-refractivity contribution >= 4 is 11.6 Å². The van der Waals surface area contributed by atoms with E-state index in [0.717, 1.165) is 5.75 Å². The van der Waals surface area contributed by atoms with E-state index in [1.54, 1.807) is 12.1 Å².